The molecule has 3 atom stereocenters. The zero-order chi connectivity index (χ0) is 12.8. The molecule has 0 radical (unpaired) electrons. The molecule has 0 aliphatic carbocycles. The van der Waals surface area contributed by atoms with E-state index >= 15 is 0 Å². The molecule has 0 amide bonds. The molecule has 1 aliphatic rings. The van der Waals surface area contributed by atoms with Crippen LogP contribution in [0.3, 0.4) is 0 Å². The Hall–Kier alpha value is -0.120. The summed E-state index contributed by atoms with van der Waals surface area (Å²) in [5.41, 5.74) is 0. The van der Waals surface area contributed by atoms with Crippen LogP contribution in [0.1, 0.15) is 33.6 Å². The summed E-state index contributed by atoms with van der Waals surface area (Å²) in [7, 11) is 4.55. The first kappa shape index (κ1) is 14.9. The van der Waals surface area contributed by atoms with E-state index in [1.165, 1.54) is 25.9 Å². The van der Waals surface area contributed by atoms with Gasteiger partial charge >= 0.3 is 0 Å². The standard InChI is InChI=1S/C14H31N3/c1-6-15-10-12(2)13(3)17(5)14-8-7-9-16(4)11-14/h12-15H,6-11H2,1-5H3. The van der Waals surface area contributed by atoms with Crippen molar-refractivity contribution in [2.75, 3.05) is 40.3 Å². The van der Waals surface area contributed by atoms with Gasteiger partial charge in [0.25, 0.3) is 0 Å². The van der Waals surface area contributed by atoms with E-state index in [1.54, 1.807) is 0 Å². The molecule has 102 valence electrons. The predicted octanol–water partition coefficient (Wildman–Crippen LogP) is 1.65. The van der Waals surface area contributed by atoms with Crippen LogP contribution in [-0.4, -0.2) is 62.2 Å². The number of hydrogen-bond donors (Lipinski definition) is 1. The van der Waals surface area contributed by atoms with Gasteiger partial charge in [-0.2, -0.15) is 0 Å². The monoisotopic (exact) mass is 241 g/mol. The first-order valence-electron chi connectivity index (χ1n) is 7.17. The van der Waals surface area contributed by atoms with Gasteiger partial charge in [0.2, 0.25) is 0 Å². The fourth-order valence-corrected chi connectivity index (χ4v) is 2.75. The lowest BCUT2D eigenvalue weighted by Crippen LogP contribution is -2.50. The van der Waals surface area contributed by atoms with E-state index in [-0.39, 0.29) is 0 Å². The molecule has 0 aromatic heterocycles. The maximum atomic E-state index is 3.46. The van der Waals surface area contributed by atoms with E-state index in [0.717, 1.165) is 19.1 Å². The average Bonchev–Trinajstić information content (AvgIpc) is 2.34. The highest BCUT2D eigenvalue weighted by atomic mass is 15.2. The number of piperidine rings is 1. The summed E-state index contributed by atoms with van der Waals surface area (Å²) >= 11 is 0. The lowest BCUT2D eigenvalue weighted by Gasteiger charge is -2.41. The molecule has 3 nitrogen and oxygen atoms in total. The molecule has 1 N–H and O–H groups in total. The first-order valence-corrected chi connectivity index (χ1v) is 7.17. The van der Waals surface area contributed by atoms with Crippen LogP contribution in [-0.2, 0) is 0 Å². The number of hydrogen-bond acceptors (Lipinski definition) is 3. The Labute approximate surface area is 108 Å². The number of likely N-dealkylation sites (tertiary alicyclic amines) is 1. The van der Waals surface area contributed by atoms with Crippen LogP contribution in [0.5, 0.6) is 0 Å². The van der Waals surface area contributed by atoms with Crippen LogP contribution >= 0.6 is 0 Å². The van der Waals surface area contributed by atoms with Crippen molar-refractivity contribution in [1.29, 1.82) is 0 Å². The summed E-state index contributed by atoms with van der Waals surface area (Å²) in [5, 5.41) is 3.46. The topological polar surface area (TPSA) is 18.5 Å². The molecule has 17 heavy (non-hydrogen) atoms. The van der Waals surface area contributed by atoms with Gasteiger partial charge in [-0.15, -0.1) is 0 Å². The smallest absolute Gasteiger partial charge is 0.0223 e. The van der Waals surface area contributed by atoms with Crippen molar-refractivity contribution in [2.45, 2.75) is 45.7 Å². The highest BCUT2D eigenvalue weighted by Gasteiger charge is 2.26. The summed E-state index contributed by atoms with van der Waals surface area (Å²) in [5.74, 6) is 0.715. The molecule has 0 saturated carbocycles. The molecule has 3 unspecified atom stereocenters. The number of likely N-dealkylation sites (N-methyl/N-ethyl adjacent to an activating group) is 2. The number of rotatable bonds is 6. The zero-order valence-electron chi connectivity index (χ0n) is 12.4. The van der Waals surface area contributed by atoms with Gasteiger partial charge in [0.05, 0.1) is 0 Å². The Bertz CT molecular complexity index is 208. The van der Waals surface area contributed by atoms with Crippen LogP contribution in [0, 0.1) is 5.92 Å². The molecule has 1 rings (SSSR count). The van der Waals surface area contributed by atoms with E-state index in [4.69, 9.17) is 0 Å². The van der Waals surface area contributed by atoms with E-state index in [0.29, 0.717) is 12.0 Å². The molecule has 0 bridgehead atoms. The third kappa shape index (κ3) is 4.57. The highest BCUT2D eigenvalue weighted by molar-refractivity contribution is 4.82. The van der Waals surface area contributed by atoms with Crippen molar-refractivity contribution in [3.63, 3.8) is 0 Å². The number of nitrogens with zero attached hydrogens (tertiary/aromatic N) is 2. The van der Waals surface area contributed by atoms with Crippen molar-refractivity contribution in [2.24, 2.45) is 5.92 Å². The molecule has 1 fully saturated rings. The van der Waals surface area contributed by atoms with Crippen molar-refractivity contribution >= 4 is 0 Å². The summed E-state index contributed by atoms with van der Waals surface area (Å²) in [6, 6.07) is 1.40. The molecule has 0 spiro atoms. The fourth-order valence-electron chi connectivity index (χ4n) is 2.75. The van der Waals surface area contributed by atoms with Crippen LogP contribution in [0.2, 0.25) is 0 Å². The van der Waals surface area contributed by atoms with Crippen LogP contribution in [0.4, 0.5) is 0 Å². The highest BCUT2D eigenvalue weighted by Crippen LogP contribution is 2.18. The minimum atomic E-state index is 0.658. The van der Waals surface area contributed by atoms with Crippen molar-refractivity contribution in [3.05, 3.63) is 0 Å². The second kappa shape index (κ2) is 7.34. The normalized spacial score (nSPS) is 26.1. The molecule has 3 heteroatoms. The van der Waals surface area contributed by atoms with Crippen LogP contribution in [0.15, 0.2) is 0 Å². The second-order valence-corrected chi connectivity index (χ2v) is 5.75. The maximum absolute atomic E-state index is 3.46. The molecule has 1 heterocycles. The van der Waals surface area contributed by atoms with Gasteiger partial charge in [-0.25, -0.2) is 0 Å². The third-order valence-corrected chi connectivity index (χ3v) is 4.36. The first-order chi connectivity index (χ1) is 8.06. The molecular weight excluding hydrogens is 210 g/mol. The SMILES string of the molecule is CCNCC(C)C(C)N(C)C1CCCN(C)C1. The number of nitrogens with one attached hydrogen (secondary N) is 1. The second-order valence-electron chi connectivity index (χ2n) is 5.75. The third-order valence-electron chi connectivity index (χ3n) is 4.36. The van der Waals surface area contributed by atoms with E-state index in [2.05, 4.69) is 50.0 Å². The van der Waals surface area contributed by atoms with E-state index in [9.17, 15) is 0 Å². The molecule has 1 aliphatic heterocycles. The summed E-state index contributed by atoms with van der Waals surface area (Å²) < 4.78 is 0. The molecule has 0 aromatic carbocycles. The summed E-state index contributed by atoms with van der Waals surface area (Å²) in [6.45, 7) is 11.6. The van der Waals surface area contributed by atoms with Gasteiger partial charge in [-0.05, 0) is 59.4 Å². The lowest BCUT2D eigenvalue weighted by molar-refractivity contribution is 0.0830. The van der Waals surface area contributed by atoms with Crippen LogP contribution < -0.4 is 5.32 Å². The minimum Gasteiger partial charge on any atom is -0.317 e. The quantitative estimate of drug-likeness (QED) is 0.763. The average molecular weight is 241 g/mol. The molecular formula is C14H31N3. The summed E-state index contributed by atoms with van der Waals surface area (Å²) in [4.78, 5) is 5.06. The maximum Gasteiger partial charge on any atom is 0.0223 e. The fraction of sp³-hybridized carbons (Fsp3) is 1.00. The van der Waals surface area contributed by atoms with Crippen molar-refractivity contribution < 1.29 is 0 Å². The largest absolute Gasteiger partial charge is 0.317 e. The Kier molecular flexibility index (Phi) is 6.45. The predicted molar refractivity (Wildman–Crippen MR) is 75.5 cm³/mol. The van der Waals surface area contributed by atoms with Gasteiger partial charge < -0.3 is 10.2 Å². The van der Waals surface area contributed by atoms with Crippen molar-refractivity contribution in [1.82, 2.24) is 15.1 Å². The Balaban J connectivity index is 2.41. The van der Waals surface area contributed by atoms with Gasteiger partial charge in [0.1, 0.15) is 0 Å². The van der Waals surface area contributed by atoms with Gasteiger partial charge in [-0.1, -0.05) is 13.8 Å². The zero-order valence-corrected chi connectivity index (χ0v) is 12.4. The Morgan fingerprint density at radius 1 is 1.41 bits per heavy atom. The minimum absolute atomic E-state index is 0.658. The van der Waals surface area contributed by atoms with Gasteiger partial charge in [0, 0.05) is 18.6 Å². The molecule has 1 saturated heterocycles. The van der Waals surface area contributed by atoms with Crippen LogP contribution in [0.25, 0.3) is 0 Å². The molecule has 0 aromatic rings. The van der Waals surface area contributed by atoms with E-state index in [1.807, 2.05) is 0 Å². The Morgan fingerprint density at radius 2 is 2.12 bits per heavy atom. The Morgan fingerprint density at radius 3 is 2.71 bits per heavy atom. The van der Waals surface area contributed by atoms with E-state index < -0.39 is 0 Å². The van der Waals surface area contributed by atoms with Crippen molar-refractivity contribution in [3.8, 4) is 0 Å². The van der Waals surface area contributed by atoms with Gasteiger partial charge in [-0.3, -0.25) is 4.90 Å². The van der Waals surface area contributed by atoms with Gasteiger partial charge in [0.15, 0.2) is 0 Å². The summed E-state index contributed by atoms with van der Waals surface area (Å²) in [6.07, 6.45) is 2.71. The lowest BCUT2D eigenvalue weighted by atomic mass is 9.97.